The number of aryl methyl sites for hydroxylation is 1. The molecule has 1 aliphatic heterocycles. The van der Waals surface area contributed by atoms with Crippen molar-refractivity contribution in [3.05, 3.63) is 11.8 Å². The third kappa shape index (κ3) is 2.38. The van der Waals surface area contributed by atoms with Gasteiger partial charge in [0, 0.05) is 32.0 Å². The van der Waals surface area contributed by atoms with Crippen molar-refractivity contribution in [3.8, 4) is 0 Å². The smallest absolute Gasteiger partial charge is 0.228 e. The highest BCUT2D eigenvalue weighted by Crippen LogP contribution is 2.25. The molecule has 92 valence electrons. The summed E-state index contributed by atoms with van der Waals surface area (Å²) in [7, 11) is 0. The van der Waals surface area contributed by atoms with Gasteiger partial charge in [-0.25, -0.2) is 4.68 Å². The van der Waals surface area contributed by atoms with E-state index in [0.29, 0.717) is 12.5 Å². The van der Waals surface area contributed by atoms with E-state index in [4.69, 9.17) is 0 Å². The maximum Gasteiger partial charge on any atom is 0.228 e. The first-order chi connectivity index (χ1) is 8.11. The number of carbonyl (C=O) groups excluding carboxylic acids is 2. The predicted molar refractivity (Wildman–Crippen MR) is 63.8 cm³/mol. The van der Waals surface area contributed by atoms with Gasteiger partial charge in [-0.3, -0.25) is 9.69 Å². The highest BCUT2D eigenvalue weighted by molar-refractivity contribution is 5.93. The van der Waals surface area contributed by atoms with Gasteiger partial charge < -0.3 is 4.79 Å². The number of nitrogens with zero attached hydrogens (tertiary/aromatic N) is 3. The van der Waals surface area contributed by atoms with Crippen LogP contribution in [0.25, 0.3) is 0 Å². The Morgan fingerprint density at radius 1 is 1.59 bits per heavy atom. The molecule has 0 N–H and O–H groups in total. The lowest BCUT2D eigenvalue weighted by Gasteiger charge is -2.31. The van der Waals surface area contributed by atoms with E-state index < -0.39 is 0 Å². The molecule has 2 heterocycles. The van der Waals surface area contributed by atoms with Crippen LogP contribution in [0, 0.1) is 12.8 Å². The Morgan fingerprint density at radius 3 is 3.06 bits per heavy atom. The fourth-order valence-corrected chi connectivity index (χ4v) is 2.19. The minimum absolute atomic E-state index is 0.00444. The molecule has 17 heavy (non-hydrogen) atoms. The summed E-state index contributed by atoms with van der Waals surface area (Å²) in [6, 6.07) is 1.92. The minimum atomic E-state index is 0.00444. The number of rotatable bonds is 3. The van der Waals surface area contributed by atoms with Crippen LogP contribution in [-0.2, 0) is 16.1 Å². The molecule has 0 unspecified atom stereocenters. The maximum absolute atomic E-state index is 12.0. The van der Waals surface area contributed by atoms with Crippen LogP contribution in [0.5, 0.6) is 0 Å². The Labute approximate surface area is 100 Å². The SMILES string of the molecule is Cc1cc2n(n1)C[C@@H](C)CN2C(=O)CCC=O. The Morgan fingerprint density at radius 2 is 2.35 bits per heavy atom. The average Bonchev–Trinajstić information content (AvgIpc) is 2.64. The van der Waals surface area contributed by atoms with Crippen LogP contribution >= 0.6 is 0 Å². The number of carbonyl (C=O) groups is 2. The third-order valence-corrected chi connectivity index (χ3v) is 2.91. The highest BCUT2D eigenvalue weighted by atomic mass is 16.2. The number of anilines is 1. The Balaban J connectivity index is 2.22. The lowest BCUT2D eigenvalue weighted by atomic mass is 10.1. The van der Waals surface area contributed by atoms with Gasteiger partial charge in [-0.1, -0.05) is 6.92 Å². The standard InChI is InChI=1S/C12H17N3O2/c1-9-7-14(12(17)4-3-5-16)11-6-10(2)13-15(11)8-9/h5-6,9H,3-4,7-8H2,1-2H3/t9-/m0/s1. The van der Waals surface area contributed by atoms with Crippen molar-refractivity contribution in [3.63, 3.8) is 0 Å². The number of hydrogen-bond acceptors (Lipinski definition) is 3. The van der Waals surface area contributed by atoms with Crippen molar-refractivity contribution in [1.29, 1.82) is 0 Å². The summed E-state index contributed by atoms with van der Waals surface area (Å²) in [6.45, 7) is 5.58. The molecular formula is C12H17N3O2. The predicted octanol–water partition coefficient (Wildman–Crippen LogP) is 1.15. The van der Waals surface area contributed by atoms with Gasteiger partial charge in [0.25, 0.3) is 0 Å². The number of fused-ring (bicyclic) bond motifs is 1. The summed E-state index contributed by atoms with van der Waals surface area (Å²) in [4.78, 5) is 24.1. The summed E-state index contributed by atoms with van der Waals surface area (Å²) >= 11 is 0. The van der Waals surface area contributed by atoms with Crippen LogP contribution in [-0.4, -0.2) is 28.5 Å². The van der Waals surface area contributed by atoms with Crippen molar-refractivity contribution >= 4 is 18.0 Å². The number of amides is 1. The molecule has 0 saturated carbocycles. The van der Waals surface area contributed by atoms with Crippen LogP contribution in [0.3, 0.4) is 0 Å². The van der Waals surface area contributed by atoms with E-state index in [1.165, 1.54) is 0 Å². The molecular weight excluding hydrogens is 218 g/mol. The summed E-state index contributed by atoms with van der Waals surface area (Å²) in [5, 5.41) is 4.37. The summed E-state index contributed by atoms with van der Waals surface area (Å²) in [6.07, 6.45) is 1.35. The fraction of sp³-hybridized carbons (Fsp3) is 0.583. The van der Waals surface area contributed by atoms with Crippen molar-refractivity contribution in [2.24, 2.45) is 5.92 Å². The van der Waals surface area contributed by atoms with Gasteiger partial charge >= 0.3 is 0 Å². The second-order valence-electron chi connectivity index (χ2n) is 4.64. The van der Waals surface area contributed by atoms with E-state index in [2.05, 4.69) is 12.0 Å². The topological polar surface area (TPSA) is 55.2 Å². The van der Waals surface area contributed by atoms with E-state index in [1.54, 1.807) is 4.90 Å². The summed E-state index contributed by atoms with van der Waals surface area (Å²) in [5.74, 6) is 1.25. The van der Waals surface area contributed by atoms with Gasteiger partial charge in [0.15, 0.2) is 0 Å². The van der Waals surface area contributed by atoms with Crippen molar-refractivity contribution < 1.29 is 9.59 Å². The Hall–Kier alpha value is -1.65. The van der Waals surface area contributed by atoms with Gasteiger partial charge in [0.1, 0.15) is 12.1 Å². The van der Waals surface area contributed by atoms with E-state index in [9.17, 15) is 9.59 Å². The van der Waals surface area contributed by atoms with E-state index in [1.807, 2.05) is 17.7 Å². The highest BCUT2D eigenvalue weighted by Gasteiger charge is 2.27. The monoisotopic (exact) mass is 235 g/mol. The quantitative estimate of drug-likeness (QED) is 0.738. The van der Waals surface area contributed by atoms with Crippen molar-refractivity contribution in [1.82, 2.24) is 9.78 Å². The first-order valence-electron chi connectivity index (χ1n) is 5.90. The Kier molecular flexibility index (Phi) is 3.26. The van der Waals surface area contributed by atoms with Crippen LogP contribution in [0.4, 0.5) is 5.82 Å². The van der Waals surface area contributed by atoms with Gasteiger partial charge in [0.05, 0.1) is 5.69 Å². The van der Waals surface area contributed by atoms with Crippen LogP contribution in [0.2, 0.25) is 0 Å². The van der Waals surface area contributed by atoms with Gasteiger partial charge in [-0.15, -0.1) is 0 Å². The molecule has 5 heteroatoms. The van der Waals surface area contributed by atoms with E-state index in [-0.39, 0.29) is 18.7 Å². The lowest BCUT2D eigenvalue weighted by molar-refractivity contribution is -0.120. The number of aromatic nitrogens is 2. The molecule has 1 atom stereocenters. The fourth-order valence-electron chi connectivity index (χ4n) is 2.19. The molecule has 2 rings (SSSR count). The molecule has 1 aliphatic rings. The van der Waals surface area contributed by atoms with Crippen LogP contribution in [0.1, 0.15) is 25.5 Å². The van der Waals surface area contributed by atoms with Crippen molar-refractivity contribution in [2.45, 2.75) is 33.2 Å². The number of aldehydes is 1. The van der Waals surface area contributed by atoms with Crippen LogP contribution < -0.4 is 4.90 Å². The first-order valence-corrected chi connectivity index (χ1v) is 5.90. The summed E-state index contributed by atoms with van der Waals surface area (Å²) in [5.41, 5.74) is 0.919. The lowest BCUT2D eigenvalue weighted by Crippen LogP contribution is -2.41. The zero-order chi connectivity index (χ0) is 12.4. The second kappa shape index (κ2) is 4.69. The molecule has 0 spiro atoms. The van der Waals surface area contributed by atoms with Crippen LogP contribution in [0.15, 0.2) is 6.07 Å². The average molecular weight is 235 g/mol. The maximum atomic E-state index is 12.0. The summed E-state index contributed by atoms with van der Waals surface area (Å²) < 4.78 is 1.88. The molecule has 1 amide bonds. The number of hydrogen-bond donors (Lipinski definition) is 0. The molecule has 0 bridgehead atoms. The molecule has 1 aromatic heterocycles. The Bertz CT molecular complexity index is 439. The van der Waals surface area contributed by atoms with Gasteiger partial charge in [0.2, 0.25) is 5.91 Å². The second-order valence-corrected chi connectivity index (χ2v) is 4.64. The van der Waals surface area contributed by atoms with Gasteiger partial charge in [-0.05, 0) is 12.8 Å². The molecule has 0 saturated heterocycles. The molecule has 5 nitrogen and oxygen atoms in total. The van der Waals surface area contributed by atoms with Gasteiger partial charge in [-0.2, -0.15) is 5.10 Å². The zero-order valence-electron chi connectivity index (χ0n) is 10.2. The third-order valence-electron chi connectivity index (χ3n) is 2.91. The largest absolute Gasteiger partial charge is 0.303 e. The van der Waals surface area contributed by atoms with Crippen molar-refractivity contribution in [2.75, 3.05) is 11.4 Å². The molecule has 0 fully saturated rings. The van der Waals surface area contributed by atoms with E-state index in [0.717, 1.165) is 24.3 Å². The first kappa shape index (κ1) is 11.8. The zero-order valence-corrected chi connectivity index (χ0v) is 10.2. The molecule has 0 aromatic carbocycles. The minimum Gasteiger partial charge on any atom is -0.303 e. The normalized spacial score (nSPS) is 18.9. The molecule has 0 radical (unpaired) electrons. The van der Waals surface area contributed by atoms with E-state index >= 15 is 0 Å². The molecule has 0 aliphatic carbocycles. The molecule has 1 aromatic rings.